The summed E-state index contributed by atoms with van der Waals surface area (Å²) >= 11 is 0. The molecule has 5 heteroatoms. The number of hydrogen-bond donors (Lipinski definition) is 1. The first-order chi connectivity index (χ1) is 13.3. The number of hydrogen-bond acceptors (Lipinski definition) is 2. The maximum atomic E-state index is 12.6. The summed E-state index contributed by atoms with van der Waals surface area (Å²) in [6, 6.07) is 14.0. The van der Waals surface area contributed by atoms with Crippen molar-refractivity contribution >= 4 is 12.1 Å². The topological polar surface area (TPSA) is 51.3 Å². The van der Waals surface area contributed by atoms with Crippen molar-refractivity contribution in [1.29, 1.82) is 0 Å². The molecule has 1 aliphatic carbocycles. The summed E-state index contributed by atoms with van der Waals surface area (Å²) in [6.45, 7) is 0. The number of rotatable bonds is 5. The van der Waals surface area contributed by atoms with Crippen LogP contribution in [0.2, 0.25) is 0 Å². The van der Waals surface area contributed by atoms with Gasteiger partial charge >= 0.3 is 0 Å². The van der Waals surface area contributed by atoms with Crippen LogP contribution >= 0.6 is 0 Å². The molecule has 0 saturated heterocycles. The number of benzene rings is 1. The normalized spacial score (nSPS) is 15.3. The average Bonchev–Trinajstić information content (AvgIpc) is 3.41. The van der Waals surface area contributed by atoms with Gasteiger partial charge in [0.25, 0.3) is 5.91 Å². The van der Waals surface area contributed by atoms with Crippen molar-refractivity contribution in [2.45, 2.75) is 38.1 Å². The van der Waals surface area contributed by atoms with E-state index in [0.29, 0.717) is 11.6 Å². The Morgan fingerprint density at radius 1 is 1.00 bits per heavy atom. The molecule has 138 valence electrons. The van der Waals surface area contributed by atoms with Gasteiger partial charge in [-0.2, -0.15) is 5.10 Å². The number of carbonyl (C=O) groups excluding carboxylic acids is 1. The molecule has 1 N–H and O–H groups in total. The molecule has 1 fully saturated rings. The van der Waals surface area contributed by atoms with E-state index in [-0.39, 0.29) is 5.91 Å². The second-order valence-electron chi connectivity index (χ2n) is 6.99. The monoisotopic (exact) mass is 360 g/mol. The number of carbonyl (C=O) groups is 1. The van der Waals surface area contributed by atoms with Gasteiger partial charge in [0.15, 0.2) is 0 Å². The highest BCUT2D eigenvalue weighted by Crippen LogP contribution is 2.28. The fourth-order valence-corrected chi connectivity index (χ4v) is 3.72. The summed E-state index contributed by atoms with van der Waals surface area (Å²) in [6.07, 6.45) is 16.2. The molecule has 4 rings (SSSR count). The summed E-state index contributed by atoms with van der Waals surface area (Å²) in [5.41, 5.74) is 5.07. The molecule has 2 aromatic heterocycles. The molecular weight excluding hydrogens is 336 g/mol. The van der Waals surface area contributed by atoms with Crippen LogP contribution in [0.4, 0.5) is 0 Å². The summed E-state index contributed by atoms with van der Waals surface area (Å²) in [4.78, 5) is 12.6. The van der Waals surface area contributed by atoms with Crippen LogP contribution in [-0.2, 0) is 0 Å². The highest BCUT2D eigenvalue weighted by atomic mass is 16.2. The van der Waals surface area contributed by atoms with E-state index in [2.05, 4.69) is 27.5 Å². The first kappa shape index (κ1) is 17.3. The second kappa shape index (κ2) is 8.08. The van der Waals surface area contributed by atoms with Crippen molar-refractivity contribution in [2.24, 2.45) is 5.10 Å². The van der Waals surface area contributed by atoms with Crippen molar-refractivity contribution in [1.82, 2.24) is 14.6 Å². The Balaban J connectivity index is 1.42. The van der Waals surface area contributed by atoms with Crippen LogP contribution < -0.4 is 5.43 Å². The minimum Gasteiger partial charge on any atom is -0.351 e. The van der Waals surface area contributed by atoms with Crippen molar-refractivity contribution in [2.75, 3.05) is 0 Å². The van der Waals surface area contributed by atoms with Gasteiger partial charge in [-0.15, -0.1) is 0 Å². The highest BCUT2D eigenvalue weighted by molar-refractivity contribution is 5.98. The fraction of sp³-hybridized carbons (Fsp3) is 0.273. The Morgan fingerprint density at radius 3 is 2.59 bits per heavy atom. The number of amides is 1. The molecule has 1 aliphatic rings. The number of nitrogens with zero attached hydrogens (tertiary/aromatic N) is 3. The zero-order valence-electron chi connectivity index (χ0n) is 15.3. The zero-order chi connectivity index (χ0) is 18.5. The molecule has 0 spiro atoms. The van der Waals surface area contributed by atoms with Crippen LogP contribution in [-0.4, -0.2) is 21.3 Å². The van der Waals surface area contributed by atoms with E-state index in [0.717, 1.165) is 11.3 Å². The van der Waals surface area contributed by atoms with Crippen molar-refractivity contribution < 1.29 is 4.79 Å². The minimum atomic E-state index is -0.220. The summed E-state index contributed by atoms with van der Waals surface area (Å²) in [5, 5.41) is 4.15. The van der Waals surface area contributed by atoms with E-state index in [4.69, 9.17) is 0 Å². The first-order valence-corrected chi connectivity index (χ1v) is 9.54. The van der Waals surface area contributed by atoms with Crippen LogP contribution in [0.5, 0.6) is 0 Å². The lowest BCUT2D eigenvalue weighted by Gasteiger charge is -2.23. The third kappa shape index (κ3) is 4.03. The maximum Gasteiger partial charge on any atom is 0.273 e. The van der Waals surface area contributed by atoms with E-state index >= 15 is 0 Å². The van der Waals surface area contributed by atoms with Crippen LogP contribution in [0.15, 0.2) is 72.4 Å². The van der Waals surface area contributed by atoms with Crippen molar-refractivity contribution in [3.8, 4) is 5.69 Å². The SMILES string of the molecule is O=C(N/N=C\c1ccn(C2CCCCC2)c1)c1ccccc1-n1cccc1. The Morgan fingerprint density at radius 2 is 1.78 bits per heavy atom. The second-order valence-corrected chi connectivity index (χ2v) is 6.99. The largest absolute Gasteiger partial charge is 0.351 e. The Hall–Kier alpha value is -3.08. The molecule has 0 bridgehead atoms. The quantitative estimate of drug-likeness (QED) is 0.527. The summed E-state index contributed by atoms with van der Waals surface area (Å²) in [5.74, 6) is -0.220. The molecule has 5 nitrogen and oxygen atoms in total. The van der Waals surface area contributed by atoms with E-state index in [9.17, 15) is 4.79 Å². The van der Waals surface area contributed by atoms with E-state index in [1.54, 1.807) is 12.3 Å². The summed E-state index contributed by atoms with van der Waals surface area (Å²) in [7, 11) is 0. The standard InChI is InChI=1S/C22H24N4O/c27-22(20-10-4-5-11-21(20)25-13-6-7-14-25)24-23-16-18-12-15-26(17-18)19-8-2-1-3-9-19/h4-7,10-17,19H,1-3,8-9H2,(H,24,27)/b23-16-. The smallest absolute Gasteiger partial charge is 0.273 e. The molecule has 1 aromatic carbocycles. The van der Waals surface area contributed by atoms with E-state index in [1.807, 2.05) is 53.4 Å². The highest BCUT2D eigenvalue weighted by Gasteiger charge is 2.14. The van der Waals surface area contributed by atoms with Crippen molar-refractivity contribution in [3.05, 3.63) is 78.4 Å². The maximum absolute atomic E-state index is 12.6. The predicted octanol–water partition coefficient (Wildman–Crippen LogP) is 4.55. The lowest BCUT2D eigenvalue weighted by atomic mass is 9.95. The number of nitrogens with one attached hydrogen (secondary N) is 1. The molecule has 27 heavy (non-hydrogen) atoms. The van der Waals surface area contributed by atoms with Gasteiger partial charge in [0, 0.05) is 36.4 Å². The van der Waals surface area contributed by atoms with Gasteiger partial charge in [-0.25, -0.2) is 5.43 Å². The van der Waals surface area contributed by atoms with E-state index in [1.165, 1.54) is 32.1 Å². The van der Waals surface area contributed by atoms with Crippen LogP contribution in [0.25, 0.3) is 5.69 Å². The lowest BCUT2D eigenvalue weighted by Crippen LogP contribution is -2.19. The van der Waals surface area contributed by atoms with Crippen LogP contribution in [0.1, 0.15) is 54.1 Å². The zero-order valence-corrected chi connectivity index (χ0v) is 15.3. The van der Waals surface area contributed by atoms with Gasteiger partial charge in [0.1, 0.15) is 0 Å². The Bertz CT molecular complexity index is 917. The van der Waals surface area contributed by atoms with Gasteiger partial charge in [-0.1, -0.05) is 31.4 Å². The molecule has 1 saturated carbocycles. The summed E-state index contributed by atoms with van der Waals surface area (Å²) < 4.78 is 4.20. The Labute approximate surface area is 159 Å². The third-order valence-corrected chi connectivity index (χ3v) is 5.14. The minimum absolute atomic E-state index is 0.220. The van der Waals surface area contributed by atoms with Crippen LogP contribution in [0, 0.1) is 0 Å². The Kier molecular flexibility index (Phi) is 5.19. The van der Waals surface area contributed by atoms with Gasteiger partial charge in [-0.3, -0.25) is 4.79 Å². The molecule has 1 amide bonds. The van der Waals surface area contributed by atoms with Gasteiger partial charge in [-0.05, 0) is 43.2 Å². The van der Waals surface area contributed by atoms with Gasteiger partial charge in [0.2, 0.25) is 0 Å². The molecule has 0 unspecified atom stereocenters. The fourth-order valence-electron chi connectivity index (χ4n) is 3.72. The molecule has 0 aliphatic heterocycles. The molecule has 3 aromatic rings. The van der Waals surface area contributed by atoms with E-state index < -0.39 is 0 Å². The third-order valence-electron chi connectivity index (χ3n) is 5.14. The van der Waals surface area contributed by atoms with Crippen molar-refractivity contribution in [3.63, 3.8) is 0 Å². The molecular formula is C22H24N4O. The predicted molar refractivity (Wildman–Crippen MR) is 107 cm³/mol. The van der Waals surface area contributed by atoms with Gasteiger partial charge < -0.3 is 9.13 Å². The number of aromatic nitrogens is 2. The molecule has 0 radical (unpaired) electrons. The number of para-hydroxylation sites is 1. The average molecular weight is 360 g/mol. The molecule has 0 atom stereocenters. The molecule has 2 heterocycles. The number of hydrazone groups is 1. The van der Waals surface area contributed by atoms with Gasteiger partial charge in [0.05, 0.1) is 17.5 Å². The van der Waals surface area contributed by atoms with Crippen LogP contribution in [0.3, 0.4) is 0 Å². The first-order valence-electron chi connectivity index (χ1n) is 9.54. The lowest BCUT2D eigenvalue weighted by molar-refractivity contribution is 0.0955.